The first-order valence-corrected chi connectivity index (χ1v) is 9.28. The van der Waals surface area contributed by atoms with Crippen LogP contribution in [0.3, 0.4) is 0 Å². The third-order valence-corrected chi connectivity index (χ3v) is 5.17. The molecule has 2 aliphatic rings. The van der Waals surface area contributed by atoms with E-state index in [9.17, 15) is 4.79 Å². The fourth-order valence-corrected chi connectivity index (χ4v) is 3.80. The van der Waals surface area contributed by atoms with Crippen LogP contribution in [0.15, 0.2) is 30.3 Å². The van der Waals surface area contributed by atoms with E-state index in [1.54, 1.807) is 0 Å². The molecular weight excluding hydrogens is 326 g/mol. The number of hydrogen-bond acceptors (Lipinski definition) is 5. The topological polar surface area (TPSA) is 61.4 Å². The summed E-state index contributed by atoms with van der Waals surface area (Å²) >= 11 is 0. The summed E-state index contributed by atoms with van der Waals surface area (Å²) in [6.45, 7) is 2.24. The standard InChI is InChI=1S/C20H25N5O/c1-24(2)19-15-10-12-25(20(26)16-9-6-11-21-16)13-17(15)22-18(23-19)14-7-4-3-5-8-14/h3-5,7-8,16,21H,6,9-13H2,1-2H3/t16-/m0/s1. The highest BCUT2D eigenvalue weighted by molar-refractivity contribution is 5.82. The molecule has 0 aliphatic carbocycles. The molecule has 1 atom stereocenters. The summed E-state index contributed by atoms with van der Waals surface area (Å²) in [6, 6.07) is 10.00. The van der Waals surface area contributed by atoms with Crippen molar-refractivity contribution in [2.45, 2.75) is 31.8 Å². The van der Waals surface area contributed by atoms with Crippen LogP contribution in [0.1, 0.15) is 24.1 Å². The number of benzene rings is 1. The Hall–Kier alpha value is -2.47. The third kappa shape index (κ3) is 3.17. The molecule has 4 rings (SSSR count). The number of fused-ring (bicyclic) bond motifs is 1. The largest absolute Gasteiger partial charge is 0.362 e. The van der Waals surface area contributed by atoms with Crippen LogP contribution >= 0.6 is 0 Å². The molecule has 6 heteroatoms. The van der Waals surface area contributed by atoms with Crippen molar-refractivity contribution in [3.05, 3.63) is 41.6 Å². The zero-order valence-electron chi connectivity index (χ0n) is 15.4. The average Bonchev–Trinajstić information content (AvgIpc) is 3.21. The molecule has 0 bridgehead atoms. The lowest BCUT2D eigenvalue weighted by Crippen LogP contribution is -2.46. The Balaban J connectivity index is 1.68. The first-order chi connectivity index (χ1) is 12.6. The molecule has 1 aromatic carbocycles. The summed E-state index contributed by atoms with van der Waals surface area (Å²) in [6.07, 6.45) is 2.81. The number of rotatable bonds is 3. The minimum atomic E-state index is -0.0275. The minimum absolute atomic E-state index is 0.0275. The van der Waals surface area contributed by atoms with Crippen LogP contribution in [0, 0.1) is 0 Å². The van der Waals surface area contributed by atoms with Gasteiger partial charge in [0.05, 0.1) is 18.3 Å². The Morgan fingerprint density at radius 1 is 1.23 bits per heavy atom. The van der Waals surface area contributed by atoms with Crippen molar-refractivity contribution in [2.24, 2.45) is 0 Å². The molecule has 6 nitrogen and oxygen atoms in total. The van der Waals surface area contributed by atoms with E-state index in [4.69, 9.17) is 9.97 Å². The van der Waals surface area contributed by atoms with E-state index in [0.29, 0.717) is 6.54 Å². The van der Waals surface area contributed by atoms with E-state index in [0.717, 1.165) is 60.8 Å². The number of nitrogens with zero attached hydrogens (tertiary/aromatic N) is 4. The van der Waals surface area contributed by atoms with Crippen molar-refractivity contribution >= 4 is 11.7 Å². The van der Waals surface area contributed by atoms with Crippen LogP contribution in [0.5, 0.6) is 0 Å². The van der Waals surface area contributed by atoms with Gasteiger partial charge in [0.1, 0.15) is 5.82 Å². The van der Waals surface area contributed by atoms with Crippen molar-refractivity contribution in [3.8, 4) is 11.4 Å². The van der Waals surface area contributed by atoms with Gasteiger partial charge in [-0.25, -0.2) is 9.97 Å². The lowest BCUT2D eigenvalue weighted by Gasteiger charge is -2.32. The van der Waals surface area contributed by atoms with Crippen LogP contribution in [0.4, 0.5) is 5.82 Å². The van der Waals surface area contributed by atoms with Crippen molar-refractivity contribution < 1.29 is 4.79 Å². The van der Waals surface area contributed by atoms with Crippen LogP contribution in [0.25, 0.3) is 11.4 Å². The molecular formula is C20H25N5O. The summed E-state index contributed by atoms with van der Waals surface area (Å²) in [7, 11) is 4.02. The number of hydrogen-bond donors (Lipinski definition) is 1. The zero-order chi connectivity index (χ0) is 18.1. The molecule has 0 saturated carbocycles. The second-order valence-corrected chi connectivity index (χ2v) is 7.22. The van der Waals surface area contributed by atoms with Crippen molar-refractivity contribution in [1.29, 1.82) is 0 Å². The summed E-state index contributed by atoms with van der Waals surface area (Å²) in [5.41, 5.74) is 3.14. The Kier molecular flexibility index (Phi) is 4.59. The Morgan fingerprint density at radius 3 is 2.73 bits per heavy atom. The predicted molar refractivity (Wildman–Crippen MR) is 102 cm³/mol. The van der Waals surface area contributed by atoms with Crippen LogP contribution in [-0.2, 0) is 17.8 Å². The predicted octanol–water partition coefficient (Wildman–Crippen LogP) is 1.85. The maximum Gasteiger partial charge on any atom is 0.240 e. The highest BCUT2D eigenvalue weighted by atomic mass is 16.2. The van der Waals surface area contributed by atoms with Gasteiger partial charge in [0.25, 0.3) is 0 Å². The summed E-state index contributed by atoms with van der Waals surface area (Å²) in [5, 5.41) is 3.31. The molecule has 1 fully saturated rings. The normalized spacial score (nSPS) is 19.3. The monoisotopic (exact) mass is 351 g/mol. The van der Waals surface area contributed by atoms with E-state index < -0.39 is 0 Å². The fraction of sp³-hybridized carbons (Fsp3) is 0.450. The molecule has 1 N–H and O–H groups in total. The molecule has 0 radical (unpaired) electrons. The lowest BCUT2D eigenvalue weighted by molar-refractivity contribution is -0.134. The van der Waals surface area contributed by atoms with Crippen LogP contribution < -0.4 is 10.2 Å². The molecule has 1 saturated heterocycles. The highest BCUT2D eigenvalue weighted by Gasteiger charge is 2.31. The Labute approximate surface area is 154 Å². The van der Waals surface area contributed by atoms with Crippen molar-refractivity contribution in [3.63, 3.8) is 0 Å². The molecule has 2 aromatic rings. The number of carbonyl (C=O) groups is 1. The van der Waals surface area contributed by atoms with E-state index in [-0.39, 0.29) is 11.9 Å². The highest BCUT2D eigenvalue weighted by Crippen LogP contribution is 2.29. The molecule has 1 aromatic heterocycles. The molecule has 26 heavy (non-hydrogen) atoms. The Bertz CT molecular complexity index is 799. The molecule has 136 valence electrons. The summed E-state index contributed by atoms with van der Waals surface area (Å²) in [4.78, 5) is 26.4. The van der Waals surface area contributed by atoms with Gasteiger partial charge in [-0.3, -0.25) is 4.79 Å². The van der Waals surface area contributed by atoms with Crippen molar-refractivity contribution in [1.82, 2.24) is 20.2 Å². The number of aromatic nitrogens is 2. The molecule has 2 aliphatic heterocycles. The molecule has 0 spiro atoms. The first-order valence-electron chi connectivity index (χ1n) is 9.28. The van der Waals surface area contributed by atoms with Gasteiger partial charge in [0.15, 0.2) is 5.82 Å². The molecule has 3 heterocycles. The van der Waals surface area contributed by atoms with Crippen molar-refractivity contribution in [2.75, 3.05) is 32.1 Å². The van der Waals surface area contributed by atoms with Gasteiger partial charge in [-0.2, -0.15) is 0 Å². The second kappa shape index (κ2) is 7.03. The second-order valence-electron chi connectivity index (χ2n) is 7.22. The van der Waals surface area contributed by atoms with Crippen LogP contribution in [0.2, 0.25) is 0 Å². The quantitative estimate of drug-likeness (QED) is 0.914. The molecule has 1 amide bonds. The van der Waals surface area contributed by atoms with Gasteiger partial charge in [-0.1, -0.05) is 30.3 Å². The van der Waals surface area contributed by atoms with Gasteiger partial charge in [0, 0.05) is 31.8 Å². The fourth-order valence-electron chi connectivity index (χ4n) is 3.80. The zero-order valence-corrected chi connectivity index (χ0v) is 15.4. The van der Waals surface area contributed by atoms with E-state index >= 15 is 0 Å². The average molecular weight is 351 g/mol. The Morgan fingerprint density at radius 2 is 2.04 bits per heavy atom. The lowest BCUT2D eigenvalue weighted by atomic mass is 10.0. The first kappa shape index (κ1) is 17.0. The maximum atomic E-state index is 12.8. The SMILES string of the molecule is CN(C)c1nc(-c2ccccc2)nc2c1CCN(C(=O)[C@@H]1CCCN1)C2. The van der Waals surface area contributed by atoms with Gasteiger partial charge < -0.3 is 15.1 Å². The number of amides is 1. The van der Waals surface area contributed by atoms with E-state index in [1.165, 1.54) is 0 Å². The number of anilines is 1. The number of carbonyl (C=O) groups excluding carboxylic acids is 1. The summed E-state index contributed by atoms with van der Waals surface area (Å²) < 4.78 is 0. The number of nitrogens with one attached hydrogen (secondary N) is 1. The maximum absolute atomic E-state index is 12.8. The molecule has 0 unspecified atom stereocenters. The third-order valence-electron chi connectivity index (χ3n) is 5.17. The van der Waals surface area contributed by atoms with E-state index in [2.05, 4.69) is 5.32 Å². The summed E-state index contributed by atoms with van der Waals surface area (Å²) in [5.74, 6) is 1.89. The van der Waals surface area contributed by atoms with Gasteiger partial charge >= 0.3 is 0 Å². The van der Waals surface area contributed by atoms with Gasteiger partial charge in [-0.15, -0.1) is 0 Å². The van der Waals surface area contributed by atoms with Gasteiger partial charge in [0.2, 0.25) is 5.91 Å². The van der Waals surface area contributed by atoms with E-state index in [1.807, 2.05) is 54.2 Å². The van der Waals surface area contributed by atoms with Gasteiger partial charge in [-0.05, 0) is 25.8 Å². The van der Waals surface area contributed by atoms with Crippen LogP contribution in [-0.4, -0.2) is 54.0 Å². The smallest absolute Gasteiger partial charge is 0.240 e. The minimum Gasteiger partial charge on any atom is -0.362 e.